The number of anilines is 1. The molecular formula is C17H28N2. The number of piperidine rings is 1. The highest BCUT2D eigenvalue weighted by Gasteiger charge is 2.11. The Morgan fingerprint density at radius 3 is 2.58 bits per heavy atom. The molecule has 1 aromatic rings. The van der Waals surface area contributed by atoms with E-state index in [1.165, 1.54) is 55.7 Å². The Morgan fingerprint density at radius 1 is 1.16 bits per heavy atom. The van der Waals surface area contributed by atoms with Crippen LogP contribution in [0.2, 0.25) is 0 Å². The molecule has 1 N–H and O–H groups in total. The Labute approximate surface area is 118 Å². The van der Waals surface area contributed by atoms with E-state index in [9.17, 15) is 0 Å². The number of rotatable bonds is 5. The molecule has 1 aliphatic rings. The van der Waals surface area contributed by atoms with Crippen molar-refractivity contribution >= 4 is 5.69 Å². The molecule has 1 aromatic carbocycles. The molecule has 1 fully saturated rings. The normalized spacial score (nSPS) is 16.8. The Kier molecular flexibility index (Phi) is 5.26. The largest absolute Gasteiger partial charge is 0.383 e. The summed E-state index contributed by atoms with van der Waals surface area (Å²) in [6, 6.07) is 6.62. The van der Waals surface area contributed by atoms with Gasteiger partial charge in [-0.25, -0.2) is 0 Å². The maximum absolute atomic E-state index is 3.67. The number of nitrogens with one attached hydrogen (secondary N) is 1. The number of hydrogen-bond acceptors (Lipinski definition) is 2. The van der Waals surface area contributed by atoms with Gasteiger partial charge in [0.1, 0.15) is 0 Å². The molecule has 0 bridgehead atoms. The lowest BCUT2D eigenvalue weighted by Crippen LogP contribution is -2.33. The second kappa shape index (κ2) is 6.95. The van der Waals surface area contributed by atoms with Crippen LogP contribution in [0.1, 0.15) is 50.2 Å². The fourth-order valence-electron chi connectivity index (χ4n) is 2.94. The van der Waals surface area contributed by atoms with Gasteiger partial charge in [0.25, 0.3) is 0 Å². The summed E-state index contributed by atoms with van der Waals surface area (Å²) in [6.07, 6.45) is 4.17. The van der Waals surface area contributed by atoms with Crippen LogP contribution in [0.15, 0.2) is 18.2 Å². The van der Waals surface area contributed by atoms with E-state index in [1.54, 1.807) is 0 Å². The zero-order chi connectivity index (χ0) is 13.7. The third-order valence-corrected chi connectivity index (χ3v) is 4.11. The van der Waals surface area contributed by atoms with Gasteiger partial charge in [-0.05, 0) is 49.9 Å². The molecule has 19 heavy (non-hydrogen) atoms. The lowest BCUT2D eigenvalue weighted by molar-refractivity contribution is 0.237. The van der Waals surface area contributed by atoms with Crippen molar-refractivity contribution in [2.45, 2.75) is 46.0 Å². The molecule has 1 saturated heterocycles. The second-order valence-corrected chi connectivity index (χ2v) is 6.02. The Morgan fingerprint density at radius 2 is 1.89 bits per heavy atom. The molecule has 0 unspecified atom stereocenters. The smallest absolute Gasteiger partial charge is 0.0405 e. The standard InChI is InChI=1S/C17H28N2/c1-14(2)16-9-7-8-15(3)17(16)18-10-13-19-11-5-4-6-12-19/h7-9,14,18H,4-6,10-13H2,1-3H3. The SMILES string of the molecule is Cc1cccc(C(C)C)c1NCCN1CCCCC1. The molecule has 1 aliphatic heterocycles. The van der Waals surface area contributed by atoms with Gasteiger partial charge in [-0.3, -0.25) is 0 Å². The highest BCUT2D eigenvalue weighted by Crippen LogP contribution is 2.27. The summed E-state index contributed by atoms with van der Waals surface area (Å²) in [5.74, 6) is 0.581. The highest BCUT2D eigenvalue weighted by atomic mass is 15.1. The Bertz CT molecular complexity index is 392. The van der Waals surface area contributed by atoms with E-state index >= 15 is 0 Å². The van der Waals surface area contributed by atoms with Crippen molar-refractivity contribution in [3.63, 3.8) is 0 Å². The molecule has 0 radical (unpaired) electrons. The lowest BCUT2D eigenvalue weighted by atomic mass is 9.98. The van der Waals surface area contributed by atoms with Crippen LogP contribution in [0.25, 0.3) is 0 Å². The second-order valence-electron chi connectivity index (χ2n) is 6.02. The first-order valence-corrected chi connectivity index (χ1v) is 7.74. The van der Waals surface area contributed by atoms with E-state index in [2.05, 4.69) is 49.2 Å². The maximum atomic E-state index is 3.67. The van der Waals surface area contributed by atoms with Gasteiger partial charge >= 0.3 is 0 Å². The van der Waals surface area contributed by atoms with Crippen molar-refractivity contribution in [1.29, 1.82) is 0 Å². The van der Waals surface area contributed by atoms with Crippen LogP contribution < -0.4 is 5.32 Å². The number of benzene rings is 1. The van der Waals surface area contributed by atoms with E-state index in [1.807, 2.05) is 0 Å². The quantitative estimate of drug-likeness (QED) is 0.860. The van der Waals surface area contributed by atoms with Crippen molar-refractivity contribution in [2.75, 3.05) is 31.5 Å². The molecule has 0 aliphatic carbocycles. The molecule has 0 atom stereocenters. The van der Waals surface area contributed by atoms with Crippen LogP contribution >= 0.6 is 0 Å². The van der Waals surface area contributed by atoms with Gasteiger partial charge < -0.3 is 10.2 Å². The van der Waals surface area contributed by atoms with Gasteiger partial charge in [0.15, 0.2) is 0 Å². The molecule has 0 aromatic heterocycles. The molecule has 106 valence electrons. The summed E-state index contributed by atoms with van der Waals surface area (Å²) < 4.78 is 0. The van der Waals surface area contributed by atoms with Gasteiger partial charge in [-0.2, -0.15) is 0 Å². The molecule has 0 amide bonds. The van der Waals surface area contributed by atoms with Crippen molar-refractivity contribution < 1.29 is 0 Å². The number of nitrogens with zero attached hydrogens (tertiary/aromatic N) is 1. The van der Waals surface area contributed by atoms with Crippen LogP contribution in [0.4, 0.5) is 5.69 Å². The van der Waals surface area contributed by atoms with Crippen molar-refractivity contribution in [1.82, 2.24) is 4.90 Å². The fraction of sp³-hybridized carbons (Fsp3) is 0.647. The maximum Gasteiger partial charge on any atom is 0.0405 e. The molecule has 2 rings (SSSR count). The van der Waals surface area contributed by atoms with Gasteiger partial charge in [-0.1, -0.05) is 38.5 Å². The molecule has 0 spiro atoms. The summed E-state index contributed by atoms with van der Waals surface area (Å²) in [5.41, 5.74) is 4.16. The average Bonchev–Trinajstić information content (AvgIpc) is 2.41. The summed E-state index contributed by atoms with van der Waals surface area (Å²) in [5, 5.41) is 3.67. The molecule has 2 heteroatoms. The van der Waals surface area contributed by atoms with Crippen molar-refractivity contribution in [2.24, 2.45) is 0 Å². The van der Waals surface area contributed by atoms with Crippen LogP contribution in [0.3, 0.4) is 0 Å². The molecule has 1 heterocycles. The minimum absolute atomic E-state index is 0.581. The minimum atomic E-state index is 0.581. The summed E-state index contributed by atoms with van der Waals surface area (Å²) >= 11 is 0. The van der Waals surface area contributed by atoms with E-state index in [0.717, 1.165) is 6.54 Å². The minimum Gasteiger partial charge on any atom is -0.383 e. The van der Waals surface area contributed by atoms with Crippen LogP contribution in [-0.2, 0) is 0 Å². The lowest BCUT2D eigenvalue weighted by Gasteiger charge is -2.27. The van der Waals surface area contributed by atoms with Crippen molar-refractivity contribution in [3.05, 3.63) is 29.3 Å². The van der Waals surface area contributed by atoms with Crippen LogP contribution in [-0.4, -0.2) is 31.1 Å². The molecular weight excluding hydrogens is 232 g/mol. The van der Waals surface area contributed by atoms with E-state index in [4.69, 9.17) is 0 Å². The predicted octanol–water partition coefficient (Wildman–Crippen LogP) is 4.02. The first-order chi connectivity index (χ1) is 9.18. The summed E-state index contributed by atoms with van der Waals surface area (Å²) in [7, 11) is 0. The van der Waals surface area contributed by atoms with E-state index < -0.39 is 0 Å². The van der Waals surface area contributed by atoms with Crippen LogP contribution in [0.5, 0.6) is 0 Å². The number of aryl methyl sites for hydroxylation is 1. The predicted molar refractivity (Wildman–Crippen MR) is 84.0 cm³/mol. The Hall–Kier alpha value is -1.02. The number of hydrogen-bond donors (Lipinski definition) is 1. The molecule has 0 saturated carbocycles. The topological polar surface area (TPSA) is 15.3 Å². The zero-order valence-electron chi connectivity index (χ0n) is 12.7. The first kappa shape index (κ1) is 14.4. The van der Waals surface area contributed by atoms with Gasteiger partial charge in [0.2, 0.25) is 0 Å². The summed E-state index contributed by atoms with van der Waals surface area (Å²) in [4.78, 5) is 2.59. The third-order valence-electron chi connectivity index (χ3n) is 4.11. The zero-order valence-corrected chi connectivity index (χ0v) is 12.7. The van der Waals surface area contributed by atoms with Crippen molar-refractivity contribution in [3.8, 4) is 0 Å². The van der Waals surface area contributed by atoms with Gasteiger partial charge in [0, 0.05) is 18.8 Å². The van der Waals surface area contributed by atoms with Gasteiger partial charge in [0.05, 0.1) is 0 Å². The Balaban J connectivity index is 1.91. The van der Waals surface area contributed by atoms with E-state index in [-0.39, 0.29) is 0 Å². The third kappa shape index (κ3) is 3.97. The first-order valence-electron chi connectivity index (χ1n) is 7.74. The average molecular weight is 260 g/mol. The molecule has 2 nitrogen and oxygen atoms in total. The van der Waals surface area contributed by atoms with E-state index in [0.29, 0.717) is 5.92 Å². The monoisotopic (exact) mass is 260 g/mol. The highest BCUT2D eigenvalue weighted by molar-refractivity contribution is 5.58. The number of likely N-dealkylation sites (tertiary alicyclic amines) is 1. The van der Waals surface area contributed by atoms with Gasteiger partial charge in [-0.15, -0.1) is 0 Å². The fourth-order valence-corrected chi connectivity index (χ4v) is 2.94. The number of para-hydroxylation sites is 1. The summed E-state index contributed by atoms with van der Waals surface area (Å²) in [6.45, 7) is 11.5. The van der Waals surface area contributed by atoms with Crippen LogP contribution in [0, 0.1) is 6.92 Å².